The van der Waals surface area contributed by atoms with Crippen LogP contribution in [0.25, 0.3) is 0 Å². The highest BCUT2D eigenvalue weighted by molar-refractivity contribution is 5.04. The van der Waals surface area contributed by atoms with Gasteiger partial charge in [0.25, 0.3) is 0 Å². The summed E-state index contributed by atoms with van der Waals surface area (Å²) in [6, 6.07) is 0. The van der Waals surface area contributed by atoms with E-state index >= 15 is 0 Å². The van der Waals surface area contributed by atoms with Crippen LogP contribution in [0.2, 0.25) is 0 Å². The van der Waals surface area contributed by atoms with Crippen LogP contribution < -0.4 is 0 Å². The molecular weight excluding hydrogens is 212 g/mol. The topological polar surface area (TPSA) is 29.5 Å². The third-order valence-corrected chi connectivity index (χ3v) is 3.71. The van der Waals surface area contributed by atoms with Gasteiger partial charge in [-0.05, 0) is 53.4 Å². The molecule has 0 amide bonds. The van der Waals surface area contributed by atoms with Crippen molar-refractivity contribution in [1.82, 2.24) is 0 Å². The van der Waals surface area contributed by atoms with E-state index in [0.29, 0.717) is 0 Å². The monoisotopic (exact) mass is 238 g/mol. The molecule has 98 valence electrons. The van der Waals surface area contributed by atoms with Crippen LogP contribution in [0.1, 0.15) is 53.4 Å². The Kier molecular flexibility index (Phi) is 4.56. The zero-order chi connectivity index (χ0) is 13.1. The Balaban J connectivity index is 2.70. The Hall–Kier alpha value is -0.600. The minimum atomic E-state index is -0.451. The Morgan fingerprint density at radius 3 is 2.65 bits per heavy atom. The zero-order valence-corrected chi connectivity index (χ0v) is 11.6. The fourth-order valence-corrected chi connectivity index (χ4v) is 2.39. The van der Waals surface area contributed by atoms with Crippen molar-refractivity contribution in [2.45, 2.75) is 70.7 Å². The summed E-state index contributed by atoms with van der Waals surface area (Å²) in [4.78, 5) is 0. The van der Waals surface area contributed by atoms with Gasteiger partial charge in [0.1, 0.15) is 0 Å². The molecule has 17 heavy (non-hydrogen) atoms. The third-order valence-electron chi connectivity index (χ3n) is 3.71. The van der Waals surface area contributed by atoms with Crippen molar-refractivity contribution in [3.8, 4) is 0 Å². The maximum atomic E-state index is 10.1. The summed E-state index contributed by atoms with van der Waals surface area (Å²) >= 11 is 0. The van der Waals surface area contributed by atoms with Gasteiger partial charge in [0.05, 0.1) is 17.3 Å². The number of hydrogen-bond donors (Lipinski definition) is 1. The second-order valence-corrected chi connectivity index (χ2v) is 5.81. The highest BCUT2D eigenvalue weighted by Gasteiger charge is 2.43. The average molecular weight is 238 g/mol. The van der Waals surface area contributed by atoms with Crippen LogP contribution in [0.5, 0.6) is 0 Å². The lowest BCUT2D eigenvalue weighted by Crippen LogP contribution is -2.52. The molecule has 0 aromatic carbocycles. The number of ether oxygens (including phenoxy) is 1. The Morgan fingerprint density at radius 2 is 2.12 bits per heavy atom. The minimum absolute atomic E-state index is 0.293. The normalized spacial score (nSPS) is 37.6. The van der Waals surface area contributed by atoms with Gasteiger partial charge >= 0.3 is 0 Å². The molecule has 3 atom stereocenters. The highest BCUT2D eigenvalue weighted by atomic mass is 16.5. The number of aliphatic hydroxyl groups is 1. The number of rotatable bonds is 4. The van der Waals surface area contributed by atoms with E-state index < -0.39 is 5.60 Å². The first-order valence-electron chi connectivity index (χ1n) is 6.46. The fraction of sp³-hybridized carbons (Fsp3) is 0.733. The molecule has 1 heterocycles. The SMILES string of the molecule is C=C[C@]1(C)CC[C@H](O)[C@@](C)(CCC=C(C)C)O1. The fourth-order valence-electron chi connectivity index (χ4n) is 2.39. The third kappa shape index (κ3) is 3.68. The van der Waals surface area contributed by atoms with E-state index in [9.17, 15) is 5.11 Å². The molecule has 1 rings (SSSR count). The molecular formula is C15H26O2. The number of aliphatic hydroxyl groups excluding tert-OH is 1. The van der Waals surface area contributed by atoms with E-state index in [2.05, 4.69) is 26.5 Å². The lowest BCUT2D eigenvalue weighted by molar-refractivity contribution is -0.207. The van der Waals surface area contributed by atoms with Crippen LogP contribution in [0.3, 0.4) is 0 Å². The van der Waals surface area contributed by atoms with E-state index in [1.807, 2.05) is 19.9 Å². The quantitative estimate of drug-likeness (QED) is 0.758. The molecule has 1 aliphatic rings. The van der Waals surface area contributed by atoms with Crippen LogP contribution in [0.4, 0.5) is 0 Å². The molecule has 1 fully saturated rings. The summed E-state index contributed by atoms with van der Waals surface area (Å²) < 4.78 is 6.11. The van der Waals surface area contributed by atoms with Crippen LogP contribution in [-0.2, 0) is 4.74 Å². The molecule has 0 aromatic heterocycles. The highest BCUT2D eigenvalue weighted by Crippen LogP contribution is 2.38. The standard InChI is InChI=1S/C15H26O2/c1-6-14(4)11-9-13(16)15(5,17-14)10-7-8-12(2)3/h6,8,13,16H,1,7,9-11H2,2-5H3/t13-,14+,15+/m0/s1. The predicted octanol–water partition coefficient (Wildman–Crippen LogP) is 3.61. The Labute approximate surface area is 105 Å². The lowest BCUT2D eigenvalue weighted by Gasteiger charge is -2.47. The first-order chi connectivity index (χ1) is 7.81. The summed E-state index contributed by atoms with van der Waals surface area (Å²) in [5.41, 5.74) is 0.567. The molecule has 0 spiro atoms. The van der Waals surface area contributed by atoms with Crippen LogP contribution in [0, 0.1) is 0 Å². The molecule has 0 radical (unpaired) electrons. The van der Waals surface area contributed by atoms with Crippen molar-refractivity contribution in [2.75, 3.05) is 0 Å². The molecule has 0 unspecified atom stereocenters. The molecule has 1 N–H and O–H groups in total. The van der Waals surface area contributed by atoms with Crippen molar-refractivity contribution >= 4 is 0 Å². The van der Waals surface area contributed by atoms with Crippen molar-refractivity contribution < 1.29 is 9.84 Å². The summed E-state index contributed by atoms with van der Waals surface area (Å²) in [7, 11) is 0. The van der Waals surface area contributed by atoms with Gasteiger partial charge in [-0.15, -0.1) is 6.58 Å². The Morgan fingerprint density at radius 1 is 1.47 bits per heavy atom. The Bertz CT molecular complexity index is 304. The lowest BCUT2D eigenvalue weighted by atomic mass is 9.82. The van der Waals surface area contributed by atoms with Gasteiger partial charge < -0.3 is 9.84 Å². The molecule has 0 saturated carbocycles. The van der Waals surface area contributed by atoms with Crippen LogP contribution in [-0.4, -0.2) is 22.4 Å². The van der Waals surface area contributed by atoms with Gasteiger partial charge in [-0.2, -0.15) is 0 Å². The largest absolute Gasteiger partial charge is 0.390 e. The van der Waals surface area contributed by atoms with E-state index in [-0.39, 0.29) is 11.7 Å². The van der Waals surface area contributed by atoms with Crippen LogP contribution in [0.15, 0.2) is 24.3 Å². The van der Waals surface area contributed by atoms with Crippen molar-refractivity contribution in [2.24, 2.45) is 0 Å². The molecule has 0 aliphatic carbocycles. The maximum absolute atomic E-state index is 10.1. The molecule has 2 heteroatoms. The second kappa shape index (κ2) is 5.36. The van der Waals surface area contributed by atoms with Crippen molar-refractivity contribution in [3.05, 3.63) is 24.3 Å². The van der Waals surface area contributed by atoms with Crippen LogP contribution >= 0.6 is 0 Å². The van der Waals surface area contributed by atoms with Gasteiger partial charge in [0.15, 0.2) is 0 Å². The second-order valence-electron chi connectivity index (χ2n) is 5.81. The number of allylic oxidation sites excluding steroid dienone is 2. The van der Waals surface area contributed by atoms with Gasteiger partial charge in [-0.1, -0.05) is 17.7 Å². The summed E-state index contributed by atoms with van der Waals surface area (Å²) in [5, 5.41) is 10.1. The summed E-state index contributed by atoms with van der Waals surface area (Å²) in [6.07, 6.45) is 7.11. The van der Waals surface area contributed by atoms with E-state index in [1.54, 1.807) is 0 Å². The summed E-state index contributed by atoms with van der Waals surface area (Å²) in [5.74, 6) is 0. The average Bonchev–Trinajstić information content (AvgIpc) is 2.24. The van der Waals surface area contributed by atoms with E-state index in [4.69, 9.17) is 4.74 Å². The van der Waals surface area contributed by atoms with Gasteiger partial charge in [0.2, 0.25) is 0 Å². The first-order valence-corrected chi connectivity index (χ1v) is 6.46. The molecule has 0 aromatic rings. The molecule has 2 nitrogen and oxygen atoms in total. The first kappa shape index (κ1) is 14.5. The zero-order valence-electron chi connectivity index (χ0n) is 11.6. The van der Waals surface area contributed by atoms with Gasteiger partial charge in [0, 0.05) is 0 Å². The van der Waals surface area contributed by atoms with E-state index in [0.717, 1.165) is 25.7 Å². The predicted molar refractivity (Wildman–Crippen MR) is 72.0 cm³/mol. The maximum Gasteiger partial charge on any atom is 0.0926 e. The van der Waals surface area contributed by atoms with Crippen molar-refractivity contribution in [3.63, 3.8) is 0 Å². The summed E-state index contributed by atoms with van der Waals surface area (Å²) in [6.45, 7) is 12.1. The molecule has 1 saturated heterocycles. The van der Waals surface area contributed by atoms with Gasteiger partial charge in [-0.25, -0.2) is 0 Å². The molecule has 1 aliphatic heterocycles. The van der Waals surface area contributed by atoms with Gasteiger partial charge in [-0.3, -0.25) is 0 Å². The van der Waals surface area contributed by atoms with E-state index in [1.165, 1.54) is 5.57 Å². The minimum Gasteiger partial charge on any atom is -0.390 e. The smallest absolute Gasteiger partial charge is 0.0926 e. The number of hydrogen-bond acceptors (Lipinski definition) is 2. The molecule has 0 bridgehead atoms. The van der Waals surface area contributed by atoms with Crippen molar-refractivity contribution in [1.29, 1.82) is 0 Å².